The van der Waals surface area contributed by atoms with Gasteiger partial charge in [0, 0.05) is 24.6 Å². The van der Waals surface area contributed by atoms with Gasteiger partial charge in [-0.05, 0) is 73.4 Å². The number of anilines is 1. The molecule has 186 valence electrons. The minimum Gasteiger partial charge on any atom is -0.491 e. The molecule has 1 aliphatic heterocycles. The summed E-state index contributed by atoms with van der Waals surface area (Å²) in [6.07, 6.45) is 0.640. The lowest BCUT2D eigenvalue weighted by molar-refractivity contribution is -0.117. The van der Waals surface area contributed by atoms with Crippen molar-refractivity contribution in [2.75, 3.05) is 18.1 Å². The predicted molar refractivity (Wildman–Crippen MR) is 143 cm³/mol. The van der Waals surface area contributed by atoms with Crippen LogP contribution in [0.25, 0.3) is 11.0 Å². The van der Waals surface area contributed by atoms with Crippen molar-refractivity contribution >= 4 is 22.6 Å². The summed E-state index contributed by atoms with van der Waals surface area (Å²) in [5, 5.41) is 10.9. The quantitative estimate of drug-likeness (QED) is 0.375. The molecule has 0 unspecified atom stereocenters. The van der Waals surface area contributed by atoms with Crippen LogP contribution in [0.4, 0.5) is 5.69 Å². The van der Waals surface area contributed by atoms with Crippen molar-refractivity contribution in [3.63, 3.8) is 0 Å². The van der Waals surface area contributed by atoms with E-state index in [1.807, 2.05) is 67.3 Å². The monoisotopic (exact) mass is 483 g/mol. The number of ether oxygens (including phenoxy) is 1. The fourth-order valence-electron chi connectivity index (χ4n) is 5.11. The van der Waals surface area contributed by atoms with Crippen molar-refractivity contribution in [3.8, 4) is 5.75 Å². The minimum absolute atomic E-state index is 0.0525. The smallest absolute Gasteiger partial charge is 0.227 e. The molecule has 2 atom stereocenters. The van der Waals surface area contributed by atoms with Crippen LogP contribution in [0, 0.1) is 13.8 Å². The van der Waals surface area contributed by atoms with Crippen LogP contribution in [0.1, 0.15) is 41.8 Å². The second-order valence-electron chi connectivity index (χ2n) is 9.78. The van der Waals surface area contributed by atoms with Crippen LogP contribution < -0.4 is 9.64 Å². The Hall–Kier alpha value is -3.64. The molecule has 0 aliphatic carbocycles. The Kier molecular flexibility index (Phi) is 6.79. The zero-order valence-electron chi connectivity index (χ0n) is 21.1. The molecule has 36 heavy (non-hydrogen) atoms. The third-order valence-corrected chi connectivity index (χ3v) is 6.86. The molecule has 6 heteroatoms. The van der Waals surface area contributed by atoms with E-state index in [0.29, 0.717) is 19.5 Å². The Morgan fingerprint density at radius 2 is 1.78 bits per heavy atom. The van der Waals surface area contributed by atoms with Gasteiger partial charge >= 0.3 is 0 Å². The lowest BCUT2D eigenvalue weighted by Gasteiger charge is -2.19. The Labute approximate surface area is 212 Å². The van der Waals surface area contributed by atoms with Crippen molar-refractivity contribution in [2.24, 2.45) is 0 Å². The number of benzene rings is 3. The molecule has 1 amide bonds. The lowest BCUT2D eigenvalue weighted by Crippen LogP contribution is -2.26. The number of aliphatic hydroxyl groups excluding tert-OH is 1. The number of hydrogen-bond donors (Lipinski definition) is 1. The summed E-state index contributed by atoms with van der Waals surface area (Å²) >= 11 is 0. The first-order valence-electron chi connectivity index (χ1n) is 12.6. The minimum atomic E-state index is -0.725. The Morgan fingerprint density at radius 1 is 1.06 bits per heavy atom. The average molecular weight is 484 g/mol. The van der Waals surface area contributed by atoms with E-state index in [-0.39, 0.29) is 18.4 Å². The van der Waals surface area contributed by atoms with Gasteiger partial charge in [-0.3, -0.25) is 4.79 Å². The van der Waals surface area contributed by atoms with Crippen LogP contribution in [0.5, 0.6) is 5.75 Å². The number of carbonyl (C=O) groups excluding carboxylic acids is 1. The average Bonchev–Trinajstić information content (AvgIpc) is 3.43. The van der Waals surface area contributed by atoms with Crippen molar-refractivity contribution < 1.29 is 14.6 Å². The van der Waals surface area contributed by atoms with Crippen LogP contribution in [-0.2, 0) is 17.8 Å². The molecule has 0 bridgehead atoms. The summed E-state index contributed by atoms with van der Waals surface area (Å²) < 4.78 is 7.98. The molecule has 1 saturated heterocycles. The maximum absolute atomic E-state index is 13.0. The Balaban J connectivity index is 1.36. The molecular formula is C30H33N3O3. The van der Waals surface area contributed by atoms with E-state index in [4.69, 9.17) is 9.72 Å². The van der Waals surface area contributed by atoms with E-state index in [1.54, 1.807) is 0 Å². The molecule has 0 saturated carbocycles. The third kappa shape index (κ3) is 5.00. The molecule has 5 rings (SSSR count). The molecule has 0 spiro atoms. The molecule has 1 fully saturated rings. The van der Waals surface area contributed by atoms with Crippen LogP contribution in [0.2, 0.25) is 0 Å². The van der Waals surface area contributed by atoms with Crippen LogP contribution in [0.3, 0.4) is 0 Å². The van der Waals surface area contributed by atoms with Gasteiger partial charge < -0.3 is 19.3 Å². The Morgan fingerprint density at radius 3 is 2.50 bits per heavy atom. The zero-order valence-corrected chi connectivity index (χ0v) is 21.1. The lowest BCUT2D eigenvalue weighted by atomic mass is 10.1. The SMILES string of the molecule is CCc1ccc(N2C[C@@H](c3nc4ccccc4n3C[C@@H](O)COc3cc(C)cc(C)c3)CC2=O)cc1. The molecule has 3 aromatic carbocycles. The molecule has 0 radical (unpaired) electrons. The van der Waals surface area contributed by atoms with Gasteiger partial charge in [-0.15, -0.1) is 0 Å². The maximum Gasteiger partial charge on any atom is 0.227 e. The molecular weight excluding hydrogens is 450 g/mol. The highest BCUT2D eigenvalue weighted by atomic mass is 16.5. The highest BCUT2D eigenvalue weighted by molar-refractivity contribution is 5.96. The van der Waals surface area contributed by atoms with Gasteiger partial charge in [0.05, 0.1) is 17.6 Å². The third-order valence-electron chi connectivity index (χ3n) is 6.86. The molecule has 1 N–H and O–H groups in total. The van der Waals surface area contributed by atoms with Crippen LogP contribution in [0.15, 0.2) is 66.7 Å². The number of fused-ring (bicyclic) bond motifs is 1. The van der Waals surface area contributed by atoms with Crippen LogP contribution >= 0.6 is 0 Å². The number of nitrogens with zero attached hydrogens (tertiary/aromatic N) is 3. The molecule has 2 heterocycles. The molecule has 4 aromatic rings. The summed E-state index contributed by atoms with van der Waals surface area (Å²) in [6.45, 7) is 7.28. The highest BCUT2D eigenvalue weighted by Gasteiger charge is 2.35. The number of carbonyl (C=O) groups is 1. The number of para-hydroxylation sites is 2. The van der Waals surface area contributed by atoms with Gasteiger partial charge in [0.1, 0.15) is 24.3 Å². The van der Waals surface area contributed by atoms with Gasteiger partial charge in [0.15, 0.2) is 0 Å². The standard InChI is InChI=1S/C30H33N3O3/c1-4-22-9-11-24(12-10-22)32-17-23(16-29(32)35)30-31-27-7-5-6-8-28(27)33(30)18-25(34)19-36-26-14-20(2)13-21(3)15-26/h5-15,23,25,34H,4,16-19H2,1-3H3/t23-,25+/m0/s1. The van der Waals surface area contributed by atoms with Gasteiger partial charge in [0.2, 0.25) is 5.91 Å². The summed E-state index contributed by atoms with van der Waals surface area (Å²) in [4.78, 5) is 19.8. The van der Waals surface area contributed by atoms with Gasteiger partial charge in [-0.1, -0.05) is 37.3 Å². The first kappa shape index (κ1) is 24.1. The molecule has 1 aromatic heterocycles. The fraction of sp³-hybridized carbons (Fsp3) is 0.333. The second kappa shape index (κ2) is 10.2. The number of aromatic nitrogens is 2. The van der Waals surface area contributed by atoms with Crippen molar-refractivity contribution in [3.05, 3.63) is 89.2 Å². The topological polar surface area (TPSA) is 67.6 Å². The predicted octanol–water partition coefficient (Wildman–Crippen LogP) is 5.18. The fourth-order valence-corrected chi connectivity index (χ4v) is 5.11. The van der Waals surface area contributed by atoms with Crippen molar-refractivity contribution in [2.45, 2.75) is 52.2 Å². The maximum atomic E-state index is 13.0. The van der Waals surface area contributed by atoms with E-state index in [9.17, 15) is 9.90 Å². The highest BCUT2D eigenvalue weighted by Crippen LogP contribution is 2.33. The van der Waals surface area contributed by atoms with Crippen LogP contribution in [-0.4, -0.2) is 39.8 Å². The summed E-state index contributed by atoms with van der Waals surface area (Å²) in [5.41, 5.74) is 6.25. The normalized spacial score (nSPS) is 16.6. The van der Waals surface area contributed by atoms with Gasteiger partial charge in [-0.2, -0.15) is 0 Å². The number of aliphatic hydroxyl groups is 1. The zero-order chi connectivity index (χ0) is 25.2. The van der Waals surface area contributed by atoms with E-state index in [1.165, 1.54) is 5.56 Å². The summed E-state index contributed by atoms with van der Waals surface area (Å²) in [7, 11) is 0. The summed E-state index contributed by atoms with van der Waals surface area (Å²) in [5.74, 6) is 1.64. The first-order chi connectivity index (χ1) is 17.4. The number of rotatable bonds is 8. The largest absolute Gasteiger partial charge is 0.491 e. The Bertz CT molecular complexity index is 1360. The first-order valence-corrected chi connectivity index (χ1v) is 12.6. The second-order valence-corrected chi connectivity index (χ2v) is 9.78. The number of hydrogen-bond acceptors (Lipinski definition) is 4. The van der Waals surface area contributed by atoms with E-state index in [0.717, 1.165) is 45.8 Å². The van der Waals surface area contributed by atoms with E-state index < -0.39 is 6.10 Å². The van der Waals surface area contributed by atoms with E-state index >= 15 is 0 Å². The van der Waals surface area contributed by atoms with Crippen molar-refractivity contribution in [1.82, 2.24) is 9.55 Å². The van der Waals surface area contributed by atoms with Gasteiger partial charge in [0.25, 0.3) is 0 Å². The van der Waals surface area contributed by atoms with Gasteiger partial charge in [-0.25, -0.2) is 4.98 Å². The number of aryl methyl sites for hydroxylation is 3. The molecule has 6 nitrogen and oxygen atoms in total. The number of amides is 1. The molecule has 1 aliphatic rings. The van der Waals surface area contributed by atoms with Crippen molar-refractivity contribution in [1.29, 1.82) is 0 Å². The number of imidazole rings is 1. The van der Waals surface area contributed by atoms with E-state index in [2.05, 4.69) is 29.7 Å². The summed E-state index contributed by atoms with van der Waals surface area (Å²) in [6, 6.07) is 22.2.